The number of para-hydroxylation sites is 1. The first-order valence-corrected chi connectivity index (χ1v) is 9.21. The van der Waals surface area contributed by atoms with Crippen LogP contribution in [0, 0.1) is 0 Å². The van der Waals surface area contributed by atoms with E-state index in [1.54, 1.807) is 29.2 Å². The number of hydrogen-bond acceptors (Lipinski definition) is 4. The van der Waals surface area contributed by atoms with Gasteiger partial charge in [0.2, 0.25) is 15.9 Å². The number of rotatable bonds is 5. The van der Waals surface area contributed by atoms with Crippen LogP contribution >= 0.6 is 0 Å². The molecule has 7 heteroatoms. The highest BCUT2D eigenvalue weighted by Gasteiger charge is 2.34. The van der Waals surface area contributed by atoms with Gasteiger partial charge in [-0.25, -0.2) is 8.42 Å². The number of carbonyl (C=O) groups is 1. The first-order valence-electron chi connectivity index (χ1n) is 7.36. The summed E-state index contributed by atoms with van der Waals surface area (Å²) in [6.45, 7) is 3.81. The summed E-state index contributed by atoms with van der Waals surface area (Å²) in [4.78, 5) is 14.4. The summed E-state index contributed by atoms with van der Waals surface area (Å²) in [5, 5.41) is 0. The predicted octanol–water partition coefficient (Wildman–Crippen LogP) is 1.09. The zero-order valence-electron chi connectivity index (χ0n) is 12.9. The summed E-state index contributed by atoms with van der Waals surface area (Å²) in [5.41, 5.74) is 0.512. The standard InChI is InChI=1S/C15H22N2O4S/c1-3-14(15(18)16-9-11-21-12-10-16)17(22(2,19)20)13-7-5-4-6-8-13/h4-8,14H,3,9-12H2,1-2H3/t14-/m0/s1. The van der Waals surface area contributed by atoms with E-state index in [4.69, 9.17) is 4.74 Å². The minimum atomic E-state index is -3.56. The molecule has 1 aliphatic rings. The topological polar surface area (TPSA) is 66.9 Å². The summed E-state index contributed by atoms with van der Waals surface area (Å²) in [5.74, 6) is -0.167. The lowest BCUT2D eigenvalue weighted by atomic mass is 10.1. The fourth-order valence-electron chi connectivity index (χ4n) is 2.61. The minimum Gasteiger partial charge on any atom is -0.378 e. The SMILES string of the molecule is CC[C@@H](C(=O)N1CCOCC1)N(c1ccccc1)S(C)(=O)=O. The van der Waals surface area contributed by atoms with Crippen molar-refractivity contribution in [3.63, 3.8) is 0 Å². The van der Waals surface area contributed by atoms with Crippen molar-refractivity contribution in [2.45, 2.75) is 19.4 Å². The van der Waals surface area contributed by atoms with Gasteiger partial charge in [-0.05, 0) is 18.6 Å². The van der Waals surface area contributed by atoms with Crippen LogP contribution in [0.2, 0.25) is 0 Å². The molecule has 1 fully saturated rings. The molecule has 1 atom stereocenters. The van der Waals surface area contributed by atoms with Crippen LogP contribution in [0.4, 0.5) is 5.69 Å². The molecule has 0 radical (unpaired) electrons. The molecule has 0 N–H and O–H groups in total. The third-order valence-electron chi connectivity index (χ3n) is 3.65. The van der Waals surface area contributed by atoms with E-state index in [9.17, 15) is 13.2 Å². The van der Waals surface area contributed by atoms with Crippen LogP contribution < -0.4 is 4.31 Å². The number of hydrogen-bond donors (Lipinski definition) is 0. The molecule has 1 heterocycles. The zero-order chi connectivity index (χ0) is 16.2. The van der Waals surface area contributed by atoms with Gasteiger partial charge in [0, 0.05) is 13.1 Å². The Hall–Kier alpha value is -1.60. The van der Waals surface area contributed by atoms with Crippen LogP contribution in [-0.4, -0.2) is 57.8 Å². The maximum Gasteiger partial charge on any atom is 0.246 e. The normalized spacial score (nSPS) is 17.1. The quantitative estimate of drug-likeness (QED) is 0.812. The average molecular weight is 326 g/mol. The first kappa shape index (κ1) is 16.8. The summed E-state index contributed by atoms with van der Waals surface area (Å²) in [7, 11) is -3.56. The molecule has 2 rings (SSSR count). The number of ether oxygens (including phenoxy) is 1. The van der Waals surface area contributed by atoms with Gasteiger partial charge < -0.3 is 9.64 Å². The summed E-state index contributed by atoms with van der Waals surface area (Å²) >= 11 is 0. The second-order valence-corrected chi connectivity index (χ2v) is 7.12. The molecule has 1 amide bonds. The van der Waals surface area contributed by atoms with Crippen molar-refractivity contribution in [1.82, 2.24) is 4.90 Å². The van der Waals surface area contributed by atoms with Crippen molar-refractivity contribution < 1.29 is 17.9 Å². The van der Waals surface area contributed by atoms with Gasteiger partial charge in [-0.2, -0.15) is 0 Å². The second-order valence-electron chi connectivity index (χ2n) is 5.26. The number of sulfonamides is 1. The van der Waals surface area contributed by atoms with Crippen molar-refractivity contribution >= 4 is 21.6 Å². The molecular formula is C15H22N2O4S. The number of morpholine rings is 1. The van der Waals surface area contributed by atoms with Crippen molar-refractivity contribution in [3.05, 3.63) is 30.3 Å². The highest BCUT2D eigenvalue weighted by molar-refractivity contribution is 7.92. The summed E-state index contributed by atoms with van der Waals surface area (Å²) in [6, 6.07) is 8.02. The van der Waals surface area contributed by atoms with Crippen LogP contribution in [0.25, 0.3) is 0 Å². The van der Waals surface area contributed by atoms with Gasteiger partial charge in [-0.15, -0.1) is 0 Å². The maximum absolute atomic E-state index is 12.8. The van der Waals surface area contributed by atoms with E-state index in [0.717, 1.165) is 6.26 Å². The van der Waals surface area contributed by atoms with Gasteiger partial charge in [0.15, 0.2) is 0 Å². The Labute approximate surface area is 131 Å². The molecule has 1 aliphatic heterocycles. The number of nitrogens with zero attached hydrogens (tertiary/aromatic N) is 2. The van der Waals surface area contributed by atoms with Gasteiger partial charge >= 0.3 is 0 Å². The van der Waals surface area contributed by atoms with E-state index in [1.807, 2.05) is 13.0 Å². The lowest BCUT2D eigenvalue weighted by Gasteiger charge is -2.35. The molecule has 0 spiro atoms. The molecule has 0 bridgehead atoms. The second kappa shape index (κ2) is 7.11. The molecule has 122 valence electrons. The van der Waals surface area contributed by atoms with Gasteiger partial charge in [0.25, 0.3) is 0 Å². The third-order valence-corrected chi connectivity index (χ3v) is 4.83. The van der Waals surface area contributed by atoms with Crippen LogP contribution in [0.3, 0.4) is 0 Å². The molecule has 0 aromatic heterocycles. The van der Waals surface area contributed by atoms with Crippen LogP contribution in [0.5, 0.6) is 0 Å². The Morgan fingerprint density at radius 1 is 1.27 bits per heavy atom. The van der Waals surface area contributed by atoms with E-state index in [0.29, 0.717) is 38.4 Å². The minimum absolute atomic E-state index is 0.167. The molecule has 1 saturated heterocycles. The van der Waals surface area contributed by atoms with E-state index < -0.39 is 16.1 Å². The number of benzene rings is 1. The Kier molecular flexibility index (Phi) is 5.42. The molecule has 0 saturated carbocycles. The number of anilines is 1. The van der Waals surface area contributed by atoms with Crippen molar-refractivity contribution in [1.29, 1.82) is 0 Å². The van der Waals surface area contributed by atoms with Crippen molar-refractivity contribution in [2.75, 3.05) is 36.9 Å². The lowest BCUT2D eigenvalue weighted by molar-refractivity contribution is -0.136. The molecule has 6 nitrogen and oxygen atoms in total. The zero-order valence-corrected chi connectivity index (χ0v) is 13.8. The van der Waals surface area contributed by atoms with E-state index in [-0.39, 0.29) is 5.91 Å². The molecule has 0 unspecified atom stereocenters. The van der Waals surface area contributed by atoms with E-state index >= 15 is 0 Å². The van der Waals surface area contributed by atoms with Crippen LogP contribution in [0.1, 0.15) is 13.3 Å². The van der Waals surface area contributed by atoms with Crippen LogP contribution in [-0.2, 0) is 19.6 Å². The Balaban J connectivity index is 2.33. The van der Waals surface area contributed by atoms with E-state index in [2.05, 4.69) is 0 Å². The molecule has 0 aliphatic carbocycles. The lowest BCUT2D eigenvalue weighted by Crippen LogP contribution is -2.53. The highest BCUT2D eigenvalue weighted by Crippen LogP contribution is 2.23. The summed E-state index contributed by atoms with van der Waals surface area (Å²) in [6.07, 6.45) is 1.55. The van der Waals surface area contributed by atoms with Crippen LogP contribution in [0.15, 0.2) is 30.3 Å². The Morgan fingerprint density at radius 3 is 2.36 bits per heavy atom. The molecule has 22 heavy (non-hydrogen) atoms. The van der Waals surface area contributed by atoms with Gasteiger partial charge in [-0.1, -0.05) is 25.1 Å². The predicted molar refractivity (Wildman–Crippen MR) is 85.2 cm³/mol. The van der Waals surface area contributed by atoms with Gasteiger partial charge in [0.1, 0.15) is 6.04 Å². The first-order chi connectivity index (χ1) is 10.4. The fourth-order valence-corrected chi connectivity index (χ4v) is 3.82. The molecule has 1 aromatic rings. The van der Waals surface area contributed by atoms with Gasteiger partial charge in [-0.3, -0.25) is 9.10 Å². The van der Waals surface area contributed by atoms with E-state index in [1.165, 1.54) is 4.31 Å². The molecular weight excluding hydrogens is 304 g/mol. The Bertz CT molecular complexity index is 597. The Morgan fingerprint density at radius 2 is 1.86 bits per heavy atom. The maximum atomic E-state index is 12.8. The number of carbonyl (C=O) groups excluding carboxylic acids is 1. The van der Waals surface area contributed by atoms with Crippen molar-refractivity contribution in [2.24, 2.45) is 0 Å². The number of amides is 1. The smallest absolute Gasteiger partial charge is 0.246 e. The average Bonchev–Trinajstić information content (AvgIpc) is 2.52. The monoisotopic (exact) mass is 326 g/mol. The summed E-state index contributed by atoms with van der Waals surface area (Å²) < 4.78 is 31.0. The largest absolute Gasteiger partial charge is 0.378 e. The van der Waals surface area contributed by atoms with Gasteiger partial charge in [0.05, 0.1) is 25.2 Å². The van der Waals surface area contributed by atoms with Crippen molar-refractivity contribution in [3.8, 4) is 0 Å². The molecule has 1 aromatic carbocycles. The third kappa shape index (κ3) is 3.78. The fraction of sp³-hybridized carbons (Fsp3) is 0.533. The highest BCUT2D eigenvalue weighted by atomic mass is 32.2.